The number of carbonyl (C=O) groups is 1. The van der Waals surface area contributed by atoms with Gasteiger partial charge in [0.1, 0.15) is 0 Å². The Bertz CT molecular complexity index is 301. The minimum Gasteiger partial charge on any atom is -0.290 e. The molecule has 1 rings (SSSR count). The second-order valence-corrected chi connectivity index (χ2v) is 2.19. The normalized spacial score (nSPS) is 10.0. The summed E-state index contributed by atoms with van der Waals surface area (Å²) in [5, 5.41) is 0. The number of carbonyl (C=O) groups excluding carboxylic acids is 1. The van der Waals surface area contributed by atoms with Crippen LogP contribution in [0.25, 0.3) is 6.08 Å². The van der Waals surface area contributed by atoms with Crippen LogP contribution < -0.4 is 0 Å². The first-order chi connectivity index (χ1) is 5.83. The fourth-order valence-electron chi connectivity index (χ4n) is 0.710. The fourth-order valence-corrected chi connectivity index (χ4v) is 0.710. The van der Waals surface area contributed by atoms with Gasteiger partial charge in [0.15, 0.2) is 5.78 Å². The number of allylic oxidation sites excluding steroid dienone is 2. The summed E-state index contributed by atoms with van der Waals surface area (Å²) in [6.45, 7) is 3.35. The number of hydrogen-bond acceptors (Lipinski definition) is 2. The van der Waals surface area contributed by atoms with E-state index >= 15 is 0 Å². The van der Waals surface area contributed by atoms with Gasteiger partial charge in [0, 0.05) is 6.20 Å². The number of hydrogen-bond donors (Lipinski definition) is 0. The molecule has 0 N–H and O–H groups in total. The van der Waals surface area contributed by atoms with E-state index in [1.54, 1.807) is 12.3 Å². The quantitative estimate of drug-likeness (QED) is 0.630. The third kappa shape index (κ3) is 2.50. The van der Waals surface area contributed by atoms with Crippen molar-refractivity contribution in [1.82, 2.24) is 4.98 Å². The number of aromatic nitrogens is 1. The molecule has 0 amide bonds. The lowest BCUT2D eigenvalue weighted by Crippen LogP contribution is -1.83. The van der Waals surface area contributed by atoms with Gasteiger partial charge in [0.2, 0.25) is 0 Å². The first-order valence-corrected chi connectivity index (χ1v) is 3.58. The third-order valence-corrected chi connectivity index (χ3v) is 1.31. The van der Waals surface area contributed by atoms with Gasteiger partial charge in [-0.25, -0.2) is 0 Å². The Morgan fingerprint density at radius 1 is 1.50 bits per heavy atom. The van der Waals surface area contributed by atoms with Crippen LogP contribution >= 0.6 is 0 Å². The first-order valence-electron chi connectivity index (χ1n) is 3.58. The molecule has 0 radical (unpaired) electrons. The number of ketones is 1. The van der Waals surface area contributed by atoms with Crippen LogP contribution in [0.4, 0.5) is 0 Å². The molecule has 0 saturated heterocycles. The van der Waals surface area contributed by atoms with Crippen molar-refractivity contribution in [3.8, 4) is 0 Å². The van der Waals surface area contributed by atoms with E-state index in [-0.39, 0.29) is 5.78 Å². The highest BCUT2D eigenvalue weighted by Crippen LogP contribution is 1.95. The zero-order chi connectivity index (χ0) is 8.81. The fraction of sp³-hybridized carbons (Fsp3) is 0. The summed E-state index contributed by atoms with van der Waals surface area (Å²) in [5.74, 6) is -0.111. The zero-order valence-electron chi connectivity index (χ0n) is 6.60. The predicted octanol–water partition coefficient (Wildman–Crippen LogP) is 1.85. The SMILES string of the molecule is C=CC(=O)C=Cc1ccccn1. The number of pyridine rings is 1. The molecule has 2 heteroatoms. The Balaban J connectivity index is 2.70. The Hall–Kier alpha value is -1.70. The molecule has 0 aliphatic carbocycles. The monoisotopic (exact) mass is 159 g/mol. The molecule has 60 valence electrons. The van der Waals surface area contributed by atoms with Crippen LogP contribution in [0.2, 0.25) is 0 Å². The average molecular weight is 159 g/mol. The summed E-state index contributed by atoms with van der Waals surface area (Å²) >= 11 is 0. The molecule has 12 heavy (non-hydrogen) atoms. The number of nitrogens with zero attached hydrogens (tertiary/aromatic N) is 1. The van der Waals surface area contributed by atoms with E-state index in [0.29, 0.717) is 0 Å². The molecule has 0 aliphatic rings. The third-order valence-electron chi connectivity index (χ3n) is 1.31. The summed E-state index contributed by atoms with van der Waals surface area (Å²) in [4.78, 5) is 14.8. The molecule has 1 aromatic rings. The molecule has 0 unspecified atom stereocenters. The van der Waals surface area contributed by atoms with Crippen LogP contribution in [-0.4, -0.2) is 10.8 Å². The van der Waals surface area contributed by atoms with Crippen LogP contribution in [0.1, 0.15) is 5.69 Å². The Morgan fingerprint density at radius 3 is 2.92 bits per heavy atom. The van der Waals surface area contributed by atoms with Crippen molar-refractivity contribution in [2.45, 2.75) is 0 Å². The maximum Gasteiger partial charge on any atom is 0.178 e. The van der Waals surface area contributed by atoms with Crippen LogP contribution in [0.15, 0.2) is 43.1 Å². The van der Waals surface area contributed by atoms with E-state index in [4.69, 9.17) is 0 Å². The lowest BCUT2D eigenvalue weighted by atomic mass is 10.3. The van der Waals surface area contributed by atoms with Crippen LogP contribution in [0.5, 0.6) is 0 Å². The average Bonchev–Trinajstić information content (AvgIpc) is 2.16. The van der Waals surface area contributed by atoms with Crippen molar-refractivity contribution < 1.29 is 4.79 Å². The largest absolute Gasteiger partial charge is 0.290 e. The molecule has 0 fully saturated rings. The minimum absolute atomic E-state index is 0.111. The van der Waals surface area contributed by atoms with Gasteiger partial charge in [-0.2, -0.15) is 0 Å². The van der Waals surface area contributed by atoms with Gasteiger partial charge in [-0.15, -0.1) is 0 Å². The van der Waals surface area contributed by atoms with Crippen molar-refractivity contribution in [2.24, 2.45) is 0 Å². The molecule has 0 saturated carbocycles. The van der Waals surface area contributed by atoms with Crippen LogP contribution in [0.3, 0.4) is 0 Å². The van der Waals surface area contributed by atoms with Crippen molar-refractivity contribution >= 4 is 11.9 Å². The molecule has 0 spiro atoms. The zero-order valence-corrected chi connectivity index (χ0v) is 6.60. The highest BCUT2D eigenvalue weighted by Gasteiger charge is 1.87. The van der Waals surface area contributed by atoms with Crippen LogP contribution in [0, 0.1) is 0 Å². The molecule has 0 aliphatic heterocycles. The standard InChI is InChI=1S/C10H9NO/c1-2-10(12)7-6-9-5-3-4-8-11-9/h2-8H,1H2. The molecule has 0 atom stereocenters. The minimum atomic E-state index is -0.111. The van der Waals surface area contributed by atoms with E-state index < -0.39 is 0 Å². The summed E-state index contributed by atoms with van der Waals surface area (Å²) in [7, 11) is 0. The maximum atomic E-state index is 10.8. The molecule has 0 aromatic carbocycles. The van der Waals surface area contributed by atoms with Gasteiger partial charge in [-0.05, 0) is 30.4 Å². The molecule has 1 aromatic heterocycles. The highest BCUT2D eigenvalue weighted by molar-refractivity contribution is 6.01. The Kier molecular flexibility index (Phi) is 2.96. The lowest BCUT2D eigenvalue weighted by molar-refractivity contribution is -0.110. The van der Waals surface area contributed by atoms with Gasteiger partial charge in [-0.3, -0.25) is 9.78 Å². The molecular weight excluding hydrogens is 150 g/mol. The van der Waals surface area contributed by atoms with Gasteiger partial charge in [0.25, 0.3) is 0 Å². The molecular formula is C10H9NO. The predicted molar refractivity (Wildman–Crippen MR) is 48.5 cm³/mol. The van der Waals surface area contributed by atoms with Crippen molar-refractivity contribution in [3.63, 3.8) is 0 Å². The Labute approximate surface area is 71.3 Å². The van der Waals surface area contributed by atoms with Crippen molar-refractivity contribution in [2.75, 3.05) is 0 Å². The molecule has 2 nitrogen and oxygen atoms in total. The van der Waals surface area contributed by atoms with E-state index in [0.717, 1.165) is 5.69 Å². The number of rotatable bonds is 3. The lowest BCUT2D eigenvalue weighted by Gasteiger charge is -1.87. The smallest absolute Gasteiger partial charge is 0.178 e. The molecule has 0 bridgehead atoms. The molecule has 1 heterocycles. The van der Waals surface area contributed by atoms with Gasteiger partial charge in [-0.1, -0.05) is 12.6 Å². The van der Waals surface area contributed by atoms with E-state index in [1.807, 2.05) is 18.2 Å². The van der Waals surface area contributed by atoms with Crippen molar-refractivity contribution in [3.05, 3.63) is 48.8 Å². The van der Waals surface area contributed by atoms with Gasteiger partial charge in [0.05, 0.1) is 5.69 Å². The van der Waals surface area contributed by atoms with E-state index in [1.165, 1.54) is 12.2 Å². The van der Waals surface area contributed by atoms with Gasteiger partial charge >= 0.3 is 0 Å². The van der Waals surface area contributed by atoms with Gasteiger partial charge < -0.3 is 0 Å². The summed E-state index contributed by atoms with van der Waals surface area (Å²) in [6.07, 6.45) is 6.04. The van der Waals surface area contributed by atoms with Crippen LogP contribution in [-0.2, 0) is 4.79 Å². The maximum absolute atomic E-state index is 10.8. The summed E-state index contributed by atoms with van der Waals surface area (Å²) < 4.78 is 0. The van der Waals surface area contributed by atoms with E-state index in [9.17, 15) is 4.79 Å². The van der Waals surface area contributed by atoms with E-state index in [2.05, 4.69) is 11.6 Å². The first kappa shape index (κ1) is 8.40. The van der Waals surface area contributed by atoms with Crippen molar-refractivity contribution in [1.29, 1.82) is 0 Å². The highest BCUT2D eigenvalue weighted by atomic mass is 16.1. The second kappa shape index (κ2) is 4.23. The summed E-state index contributed by atoms with van der Waals surface area (Å²) in [6, 6.07) is 5.52. The second-order valence-electron chi connectivity index (χ2n) is 2.19. The Morgan fingerprint density at radius 2 is 2.33 bits per heavy atom. The summed E-state index contributed by atoms with van der Waals surface area (Å²) in [5.41, 5.74) is 0.771. The topological polar surface area (TPSA) is 30.0 Å².